The van der Waals surface area contributed by atoms with Gasteiger partial charge in [0.05, 0.1) is 13.7 Å². The third kappa shape index (κ3) is 5.52. The molecule has 0 atom stereocenters. The Morgan fingerprint density at radius 3 is 2.64 bits per heavy atom. The Balaban J connectivity index is 1.83. The Morgan fingerprint density at radius 1 is 1.12 bits per heavy atom. The van der Waals surface area contributed by atoms with Crippen molar-refractivity contribution in [2.75, 3.05) is 20.3 Å². The molecule has 0 radical (unpaired) electrons. The van der Waals surface area contributed by atoms with Crippen molar-refractivity contribution in [3.63, 3.8) is 0 Å². The van der Waals surface area contributed by atoms with E-state index < -0.39 is 0 Å². The van der Waals surface area contributed by atoms with E-state index in [-0.39, 0.29) is 5.91 Å². The zero-order valence-electron chi connectivity index (χ0n) is 15.3. The molecule has 0 spiro atoms. The maximum atomic E-state index is 12.2. The number of rotatable bonds is 9. The van der Waals surface area contributed by atoms with Crippen molar-refractivity contribution in [1.82, 2.24) is 5.32 Å². The first-order chi connectivity index (χ1) is 12.2. The number of methoxy groups -OCH3 is 1. The van der Waals surface area contributed by atoms with Gasteiger partial charge in [-0.05, 0) is 61.6 Å². The predicted molar refractivity (Wildman–Crippen MR) is 101 cm³/mol. The van der Waals surface area contributed by atoms with Crippen LogP contribution >= 0.6 is 0 Å². The summed E-state index contributed by atoms with van der Waals surface area (Å²) in [6, 6.07) is 13.6. The largest absolute Gasteiger partial charge is 0.496 e. The molecule has 0 heterocycles. The lowest BCUT2D eigenvalue weighted by molar-refractivity contribution is 0.0953. The average Bonchev–Trinajstić information content (AvgIpc) is 2.64. The highest BCUT2D eigenvalue weighted by Gasteiger charge is 2.08. The maximum Gasteiger partial charge on any atom is 0.251 e. The quantitative estimate of drug-likeness (QED) is 0.697. The fourth-order valence-corrected chi connectivity index (χ4v) is 2.67. The lowest BCUT2D eigenvalue weighted by Crippen LogP contribution is -2.24. The molecule has 0 bridgehead atoms. The molecular formula is C21H27NO3. The molecule has 0 aliphatic heterocycles. The summed E-state index contributed by atoms with van der Waals surface area (Å²) in [5.74, 6) is 1.68. The van der Waals surface area contributed by atoms with Crippen LogP contribution in [0.2, 0.25) is 0 Å². The van der Waals surface area contributed by atoms with Crippen LogP contribution in [0.4, 0.5) is 0 Å². The summed E-state index contributed by atoms with van der Waals surface area (Å²) in [6.45, 7) is 5.39. The second-order valence-electron chi connectivity index (χ2n) is 6.00. The lowest BCUT2D eigenvalue weighted by Gasteiger charge is -2.11. The average molecular weight is 341 g/mol. The molecule has 2 aromatic carbocycles. The Hall–Kier alpha value is -2.49. The number of carbonyl (C=O) groups excluding carboxylic acids is 1. The molecule has 0 fully saturated rings. The van der Waals surface area contributed by atoms with Gasteiger partial charge < -0.3 is 14.8 Å². The molecule has 0 aromatic heterocycles. The van der Waals surface area contributed by atoms with Gasteiger partial charge in [-0.15, -0.1) is 0 Å². The van der Waals surface area contributed by atoms with Crippen molar-refractivity contribution in [3.8, 4) is 11.5 Å². The highest BCUT2D eigenvalue weighted by molar-refractivity contribution is 5.94. The molecule has 0 saturated carbocycles. The van der Waals surface area contributed by atoms with Crippen LogP contribution < -0.4 is 14.8 Å². The first-order valence-corrected chi connectivity index (χ1v) is 8.79. The minimum atomic E-state index is -0.0544. The number of ether oxygens (including phenoxy) is 2. The van der Waals surface area contributed by atoms with Gasteiger partial charge in [-0.3, -0.25) is 4.79 Å². The van der Waals surface area contributed by atoms with Crippen LogP contribution in [0.15, 0.2) is 42.5 Å². The Labute approximate surface area is 150 Å². The number of carbonyl (C=O) groups is 1. The molecule has 134 valence electrons. The minimum absolute atomic E-state index is 0.0544. The molecule has 2 rings (SSSR count). The maximum absolute atomic E-state index is 12.2. The number of hydrogen-bond donors (Lipinski definition) is 1. The number of nitrogens with one attached hydrogen (secondary N) is 1. The highest BCUT2D eigenvalue weighted by Crippen LogP contribution is 2.20. The van der Waals surface area contributed by atoms with E-state index in [1.165, 1.54) is 5.56 Å². The SMILES string of the molecule is CCCOc1ccccc1CCCNC(=O)c1ccc(OC)c(C)c1. The van der Waals surface area contributed by atoms with Crippen LogP contribution in [0.1, 0.15) is 41.3 Å². The fourth-order valence-electron chi connectivity index (χ4n) is 2.67. The lowest BCUT2D eigenvalue weighted by atomic mass is 10.1. The van der Waals surface area contributed by atoms with E-state index in [4.69, 9.17) is 9.47 Å². The first kappa shape index (κ1) is 18.8. The standard InChI is InChI=1S/C21H27NO3/c1-4-14-25-20-10-6-5-8-17(20)9-7-13-22-21(23)18-11-12-19(24-3)16(2)15-18/h5-6,8,10-12,15H,4,7,9,13-14H2,1-3H3,(H,22,23). The van der Waals surface area contributed by atoms with E-state index in [9.17, 15) is 4.79 Å². The van der Waals surface area contributed by atoms with E-state index in [1.807, 2.05) is 37.3 Å². The van der Waals surface area contributed by atoms with E-state index in [0.717, 1.165) is 42.9 Å². The summed E-state index contributed by atoms with van der Waals surface area (Å²) in [6.07, 6.45) is 2.74. The van der Waals surface area contributed by atoms with Crippen molar-refractivity contribution in [2.45, 2.75) is 33.1 Å². The van der Waals surface area contributed by atoms with Crippen LogP contribution in [0.5, 0.6) is 11.5 Å². The van der Waals surface area contributed by atoms with Crippen LogP contribution in [0, 0.1) is 6.92 Å². The van der Waals surface area contributed by atoms with Crippen LogP contribution in [0.25, 0.3) is 0 Å². The molecule has 4 heteroatoms. The summed E-state index contributed by atoms with van der Waals surface area (Å²) in [7, 11) is 1.63. The normalized spacial score (nSPS) is 10.4. The highest BCUT2D eigenvalue weighted by atomic mass is 16.5. The van der Waals surface area contributed by atoms with Gasteiger partial charge in [0, 0.05) is 12.1 Å². The number of para-hydroxylation sites is 1. The first-order valence-electron chi connectivity index (χ1n) is 8.79. The van der Waals surface area contributed by atoms with Gasteiger partial charge in [-0.25, -0.2) is 0 Å². The monoisotopic (exact) mass is 341 g/mol. The van der Waals surface area contributed by atoms with Gasteiger partial charge in [-0.1, -0.05) is 25.1 Å². The van der Waals surface area contributed by atoms with Gasteiger partial charge in [0.25, 0.3) is 5.91 Å². The molecule has 1 amide bonds. The van der Waals surface area contributed by atoms with Crippen molar-refractivity contribution in [1.29, 1.82) is 0 Å². The predicted octanol–water partition coefficient (Wildman–Crippen LogP) is 4.16. The van der Waals surface area contributed by atoms with Crippen LogP contribution in [0.3, 0.4) is 0 Å². The van der Waals surface area contributed by atoms with Gasteiger partial charge in [0.2, 0.25) is 0 Å². The number of amides is 1. The molecule has 0 saturated heterocycles. The molecule has 4 nitrogen and oxygen atoms in total. The van der Waals surface area contributed by atoms with E-state index >= 15 is 0 Å². The second-order valence-corrected chi connectivity index (χ2v) is 6.00. The molecule has 2 aromatic rings. The van der Waals surface area contributed by atoms with Gasteiger partial charge in [0.1, 0.15) is 11.5 Å². The molecule has 0 aliphatic carbocycles. The van der Waals surface area contributed by atoms with Gasteiger partial charge in [0.15, 0.2) is 0 Å². The Bertz CT molecular complexity index is 697. The van der Waals surface area contributed by atoms with Crippen LogP contribution in [-0.4, -0.2) is 26.2 Å². The van der Waals surface area contributed by atoms with Gasteiger partial charge >= 0.3 is 0 Å². The molecule has 25 heavy (non-hydrogen) atoms. The summed E-state index contributed by atoms with van der Waals surface area (Å²) in [5, 5.41) is 2.98. The fraction of sp³-hybridized carbons (Fsp3) is 0.381. The number of aryl methyl sites for hydroxylation is 2. The molecule has 1 N–H and O–H groups in total. The van der Waals surface area contributed by atoms with Crippen LogP contribution in [-0.2, 0) is 6.42 Å². The third-order valence-corrected chi connectivity index (χ3v) is 4.00. The smallest absolute Gasteiger partial charge is 0.251 e. The van der Waals surface area contributed by atoms with Crippen molar-refractivity contribution in [3.05, 3.63) is 59.2 Å². The van der Waals surface area contributed by atoms with E-state index in [0.29, 0.717) is 12.1 Å². The number of benzene rings is 2. The number of hydrogen-bond acceptors (Lipinski definition) is 3. The Morgan fingerprint density at radius 2 is 1.92 bits per heavy atom. The van der Waals surface area contributed by atoms with Crippen molar-refractivity contribution in [2.24, 2.45) is 0 Å². The van der Waals surface area contributed by atoms with Crippen molar-refractivity contribution < 1.29 is 14.3 Å². The zero-order valence-corrected chi connectivity index (χ0v) is 15.3. The molecular weight excluding hydrogens is 314 g/mol. The summed E-state index contributed by atoms with van der Waals surface area (Å²) >= 11 is 0. The third-order valence-electron chi connectivity index (χ3n) is 4.00. The van der Waals surface area contributed by atoms with Gasteiger partial charge in [-0.2, -0.15) is 0 Å². The van der Waals surface area contributed by atoms with E-state index in [1.54, 1.807) is 13.2 Å². The summed E-state index contributed by atoms with van der Waals surface area (Å²) in [5.41, 5.74) is 2.80. The molecule has 0 unspecified atom stereocenters. The zero-order chi connectivity index (χ0) is 18.1. The molecule has 0 aliphatic rings. The second kappa shape index (κ2) is 9.72. The Kier molecular flexibility index (Phi) is 7.33. The topological polar surface area (TPSA) is 47.6 Å². The summed E-state index contributed by atoms with van der Waals surface area (Å²) < 4.78 is 11.0. The van der Waals surface area contributed by atoms with Crippen molar-refractivity contribution >= 4 is 5.91 Å². The minimum Gasteiger partial charge on any atom is -0.496 e. The summed E-state index contributed by atoms with van der Waals surface area (Å²) in [4.78, 5) is 12.2. The van der Waals surface area contributed by atoms with E-state index in [2.05, 4.69) is 18.3 Å².